The number of H-pyrrole nitrogens is 1. The van der Waals surface area contributed by atoms with Crippen LogP contribution in [0.3, 0.4) is 0 Å². The van der Waals surface area contributed by atoms with E-state index in [2.05, 4.69) is 15.3 Å². The van der Waals surface area contributed by atoms with Gasteiger partial charge in [-0.15, -0.1) is 11.3 Å². The monoisotopic (exact) mass is 301 g/mol. The van der Waals surface area contributed by atoms with Crippen molar-refractivity contribution in [2.45, 2.75) is 19.7 Å². The van der Waals surface area contributed by atoms with Crippen LogP contribution in [0.25, 0.3) is 10.2 Å². The fourth-order valence-corrected chi connectivity index (χ4v) is 2.89. The lowest BCUT2D eigenvalue weighted by Gasteiger charge is -2.06. The number of nitrogens with one attached hydrogen (secondary N) is 2. The topological polar surface area (TPSA) is 78.0 Å². The first kappa shape index (κ1) is 13.9. The van der Waals surface area contributed by atoms with Crippen LogP contribution >= 0.6 is 11.3 Å². The number of benzene rings is 1. The van der Waals surface area contributed by atoms with E-state index in [-0.39, 0.29) is 12.2 Å². The molecule has 0 amide bonds. The molecule has 0 saturated carbocycles. The Bertz CT molecular complexity index is 810. The molecule has 1 aromatic carbocycles. The molecule has 3 rings (SSSR count). The highest BCUT2D eigenvalue weighted by Crippen LogP contribution is 2.13. The molecule has 0 unspecified atom stereocenters. The molecule has 0 aliphatic heterocycles. The van der Waals surface area contributed by atoms with Crippen LogP contribution in [-0.2, 0) is 19.7 Å². The van der Waals surface area contributed by atoms with Crippen molar-refractivity contribution in [3.05, 3.63) is 63.0 Å². The number of aromatic amines is 1. The van der Waals surface area contributed by atoms with Gasteiger partial charge in [-0.3, -0.25) is 4.79 Å². The zero-order valence-corrected chi connectivity index (χ0v) is 12.1. The summed E-state index contributed by atoms with van der Waals surface area (Å²) in [5.41, 5.74) is 2.62. The summed E-state index contributed by atoms with van der Waals surface area (Å²) in [5.74, 6) is 0.629. The van der Waals surface area contributed by atoms with Gasteiger partial charge >= 0.3 is 0 Å². The van der Waals surface area contributed by atoms with E-state index >= 15 is 0 Å². The van der Waals surface area contributed by atoms with E-state index in [1.54, 1.807) is 0 Å². The normalized spacial score (nSPS) is 11.1. The lowest BCUT2D eigenvalue weighted by atomic mass is 10.1. The maximum atomic E-state index is 11.8. The van der Waals surface area contributed by atoms with Crippen LogP contribution in [0.15, 0.2) is 40.5 Å². The minimum atomic E-state index is -0.0888. The Morgan fingerprint density at radius 3 is 2.95 bits per heavy atom. The Morgan fingerprint density at radius 2 is 2.10 bits per heavy atom. The van der Waals surface area contributed by atoms with Crippen molar-refractivity contribution in [2.24, 2.45) is 0 Å². The first-order valence-corrected chi connectivity index (χ1v) is 7.50. The molecule has 2 heterocycles. The van der Waals surface area contributed by atoms with E-state index in [0.717, 1.165) is 16.6 Å². The van der Waals surface area contributed by atoms with Crippen molar-refractivity contribution < 1.29 is 5.11 Å². The van der Waals surface area contributed by atoms with Gasteiger partial charge < -0.3 is 15.4 Å². The Hall–Kier alpha value is -2.02. The molecule has 2 aromatic heterocycles. The van der Waals surface area contributed by atoms with E-state index in [1.165, 1.54) is 11.3 Å². The third-order valence-electron chi connectivity index (χ3n) is 3.16. The molecule has 21 heavy (non-hydrogen) atoms. The summed E-state index contributed by atoms with van der Waals surface area (Å²) in [6, 6.07) is 9.59. The van der Waals surface area contributed by atoms with Crippen molar-refractivity contribution in [2.75, 3.05) is 0 Å². The van der Waals surface area contributed by atoms with Crippen LogP contribution in [0.4, 0.5) is 0 Å². The number of aliphatic hydroxyl groups excluding tert-OH is 1. The summed E-state index contributed by atoms with van der Waals surface area (Å²) < 4.78 is 0.661. The maximum Gasteiger partial charge on any atom is 0.268 e. The standard InChI is InChI=1S/C15H15N3O2S/c19-9-11-3-1-2-10(6-11)7-16-8-13-17-12-4-5-21-14(12)15(20)18-13/h1-6,16,19H,7-9H2,(H,17,18,20). The quantitative estimate of drug-likeness (QED) is 0.671. The largest absolute Gasteiger partial charge is 0.392 e. The highest BCUT2D eigenvalue weighted by Gasteiger charge is 2.04. The van der Waals surface area contributed by atoms with Crippen molar-refractivity contribution in [1.29, 1.82) is 0 Å². The minimum absolute atomic E-state index is 0.0392. The van der Waals surface area contributed by atoms with Gasteiger partial charge in [0, 0.05) is 6.54 Å². The molecular weight excluding hydrogens is 286 g/mol. The average molecular weight is 301 g/mol. The van der Waals surface area contributed by atoms with E-state index in [1.807, 2.05) is 35.7 Å². The molecule has 0 aliphatic carbocycles. The van der Waals surface area contributed by atoms with Crippen LogP contribution in [0, 0.1) is 0 Å². The van der Waals surface area contributed by atoms with Crippen molar-refractivity contribution in [3.8, 4) is 0 Å². The smallest absolute Gasteiger partial charge is 0.268 e. The second-order valence-corrected chi connectivity index (χ2v) is 5.65. The van der Waals surface area contributed by atoms with Crippen molar-refractivity contribution in [1.82, 2.24) is 15.3 Å². The van der Waals surface area contributed by atoms with Crippen LogP contribution in [-0.4, -0.2) is 15.1 Å². The lowest BCUT2D eigenvalue weighted by Crippen LogP contribution is -2.18. The van der Waals surface area contributed by atoms with Gasteiger partial charge in [-0.1, -0.05) is 24.3 Å². The van der Waals surface area contributed by atoms with Gasteiger partial charge in [0.15, 0.2) is 0 Å². The molecule has 6 heteroatoms. The highest BCUT2D eigenvalue weighted by atomic mass is 32.1. The molecule has 0 radical (unpaired) electrons. The molecule has 0 saturated heterocycles. The van der Waals surface area contributed by atoms with Crippen molar-refractivity contribution in [3.63, 3.8) is 0 Å². The zero-order valence-electron chi connectivity index (χ0n) is 11.3. The predicted molar refractivity (Wildman–Crippen MR) is 83.1 cm³/mol. The Balaban J connectivity index is 1.67. The summed E-state index contributed by atoms with van der Waals surface area (Å²) in [7, 11) is 0. The number of aliphatic hydroxyl groups is 1. The van der Waals surface area contributed by atoms with Crippen LogP contribution in [0.2, 0.25) is 0 Å². The maximum absolute atomic E-state index is 11.8. The molecule has 5 nitrogen and oxygen atoms in total. The highest BCUT2D eigenvalue weighted by molar-refractivity contribution is 7.17. The Labute approximate surface area is 125 Å². The number of fused-ring (bicyclic) bond motifs is 1. The van der Waals surface area contributed by atoms with Gasteiger partial charge in [0.1, 0.15) is 10.5 Å². The number of nitrogens with zero attached hydrogens (tertiary/aromatic N) is 1. The number of hydrogen-bond donors (Lipinski definition) is 3. The van der Waals surface area contributed by atoms with Gasteiger partial charge in [-0.05, 0) is 22.6 Å². The third kappa shape index (κ3) is 3.18. The Morgan fingerprint density at radius 1 is 1.24 bits per heavy atom. The minimum Gasteiger partial charge on any atom is -0.392 e. The summed E-state index contributed by atoms with van der Waals surface area (Å²) in [4.78, 5) is 19.0. The third-order valence-corrected chi connectivity index (χ3v) is 4.06. The SMILES string of the molecule is O=c1[nH]c(CNCc2cccc(CO)c2)nc2ccsc12. The molecule has 0 bridgehead atoms. The molecule has 0 atom stereocenters. The van der Waals surface area contributed by atoms with Crippen LogP contribution < -0.4 is 10.9 Å². The molecule has 3 N–H and O–H groups in total. The number of hydrogen-bond acceptors (Lipinski definition) is 5. The predicted octanol–water partition coefficient (Wildman–Crippen LogP) is 1.77. The molecule has 108 valence electrons. The van der Waals surface area contributed by atoms with Gasteiger partial charge in [-0.25, -0.2) is 4.98 Å². The van der Waals surface area contributed by atoms with Gasteiger partial charge in [0.2, 0.25) is 0 Å². The second-order valence-electron chi connectivity index (χ2n) is 4.73. The Kier molecular flexibility index (Phi) is 4.10. The lowest BCUT2D eigenvalue weighted by molar-refractivity contribution is 0.281. The second kappa shape index (κ2) is 6.17. The van der Waals surface area contributed by atoms with Gasteiger partial charge in [-0.2, -0.15) is 0 Å². The van der Waals surface area contributed by atoms with Crippen LogP contribution in [0.1, 0.15) is 17.0 Å². The number of aromatic nitrogens is 2. The molecular formula is C15H15N3O2S. The van der Waals surface area contributed by atoms with Crippen LogP contribution in [0.5, 0.6) is 0 Å². The average Bonchev–Trinajstić information content (AvgIpc) is 2.96. The molecule has 0 spiro atoms. The summed E-state index contributed by atoms with van der Waals surface area (Å²) in [6.07, 6.45) is 0. The van der Waals surface area contributed by atoms with Crippen molar-refractivity contribution >= 4 is 21.6 Å². The first-order valence-electron chi connectivity index (χ1n) is 6.62. The van der Waals surface area contributed by atoms with E-state index in [4.69, 9.17) is 5.11 Å². The van der Waals surface area contributed by atoms with Gasteiger partial charge in [0.05, 0.1) is 18.7 Å². The van der Waals surface area contributed by atoms with E-state index in [0.29, 0.717) is 23.6 Å². The van der Waals surface area contributed by atoms with E-state index < -0.39 is 0 Å². The fraction of sp³-hybridized carbons (Fsp3) is 0.200. The summed E-state index contributed by atoms with van der Waals surface area (Å²) in [5, 5.41) is 14.2. The van der Waals surface area contributed by atoms with E-state index in [9.17, 15) is 4.79 Å². The fourth-order valence-electron chi connectivity index (χ4n) is 2.17. The zero-order chi connectivity index (χ0) is 14.7. The molecule has 0 aliphatic rings. The van der Waals surface area contributed by atoms with Gasteiger partial charge in [0.25, 0.3) is 5.56 Å². The summed E-state index contributed by atoms with van der Waals surface area (Å²) in [6.45, 7) is 1.18. The first-order chi connectivity index (χ1) is 10.3. The molecule has 3 aromatic rings. The number of rotatable bonds is 5. The molecule has 0 fully saturated rings. The summed E-state index contributed by atoms with van der Waals surface area (Å²) >= 11 is 1.40. The number of thiophene rings is 1.